The van der Waals surface area contributed by atoms with Gasteiger partial charge in [-0.3, -0.25) is 10.1 Å². The second-order valence-electron chi connectivity index (χ2n) is 6.40. The minimum Gasteiger partial charge on any atom is -0.487 e. The molecular formula is C18H25I2NO4. The standard InChI is InChI=1S/C18H25I2NO4/c1-5-25-18(3,4)9-6-7-13(2)8-10-24-17-15(19)11-14(21(22)23)12-16(17)20/h8,11-12H,5-7,9-10H2,1-4H3. The van der Waals surface area contributed by atoms with E-state index in [2.05, 4.69) is 72.0 Å². The third kappa shape index (κ3) is 8.21. The Labute approximate surface area is 177 Å². The van der Waals surface area contributed by atoms with Gasteiger partial charge in [0, 0.05) is 18.7 Å². The van der Waals surface area contributed by atoms with E-state index in [1.54, 1.807) is 0 Å². The number of non-ortho nitro benzene ring substituents is 1. The minimum atomic E-state index is -0.387. The molecule has 0 amide bonds. The number of rotatable bonds is 10. The third-order valence-electron chi connectivity index (χ3n) is 3.74. The van der Waals surface area contributed by atoms with Gasteiger partial charge >= 0.3 is 0 Å². The van der Waals surface area contributed by atoms with E-state index in [1.807, 2.05) is 6.92 Å². The van der Waals surface area contributed by atoms with Crippen LogP contribution in [0.3, 0.4) is 0 Å². The van der Waals surface area contributed by atoms with Crippen molar-refractivity contribution in [1.82, 2.24) is 0 Å². The molecule has 0 bridgehead atoms. The van der Waals surface area contributed by atoms with Crippen LogP contribution in [0.4, 0.5) is 5.69 Å². The average Bonchev–Trinajstić information content (AvgIpc) is 2.49. The van der Waals surface area contributed by atoms with Crippen molar-refractivity contribution in [2.75, 3.05) is 13.2 Å². The molecule has 0 aliphatic rings. The van der Waals surface area contributed by atoms with Gasteiger partial charge in [-0.15, -0.1) is 0 Å². The highest BCUT2D eigenvalue weighted by atomic mass is 127. The van der Waals surface area contributed by atoms with Crippen molar-refractivity contribution in [1.29, 1.82) is 0 Å². The number of ether oxygens (including phenoxy) is 2. The number of allylic oxidation sites excluding steroid dienone is 1. The maximum Gasteiger partial charge on any atom is 0.271 e. The zero-order chi connectivity index (χ0) is 19.0. The van der Waals surface area contributed by atoms with Crippen LogP contribution in [-0.2, 0) is 4.74 Å². The Kier molecular flexibility index (Phi) is 9.65. The van der Waals surface area contributed by atoms with Gasteiger partial charge in [0.2, 0.25) is 0 Å². The summed E-state index contributed by atoms with van der Waals surface area (Å²) in [6.07, 6.45) is 5.17. The molecule has 0 aliphatic carbocycles. The summed E-state index contributed by atoms with van der Waals surface area (Å²) < 4.78 is 13.0. The van der Waals surface area contributed by atoms with E-state index in [-0.39, 0.29) is 16.2 Å². The number of nitro benzene ring substituents is 1. The first-order valence-electron chi connectivity index (χ1n) is 8.22. The Bertz CT molecular complexity index is 606. The maximum absolute atomic E-state index is 10.9. The molecule has 0 N–H and O–H groups in total. The predicted molar refractivity (Wildman–Crippen MR) is 117 cm³/mol. The van der Waals surface area contributed by atoms with Crippen LogP contribution in [0.1, 0.15) is 47.0 Å². The van der Waals surface area contributed by atoms with Crippen molar-refractivity contribution < 1.29 is 14.4 Å². The molecule has 0 heterocycles. The molecule has 0 radical (unpaired) electrons. The fraction of sp³-hybridized carbons (Fsp3) is 0.556. The van der Waals surface area contributed by atoms with Gasteiger partial charge in [0.15, 0.2) is 0 Å². The Balaban J connectivity index is 2.53. The normalized spacial score (nSPS) is 12.3. The largest absolute Gasteiger partial charge is 0.487 e. The van der Waals surface area contributed by atoms with Gasteiger partial charge in [0.1, 0.15) is 12.4 Å². The Morgan fingerprint density at radius 3 is 2.44 bits per heavy atom. The van der Waals surface area contributed by atoms with Crippen LogP contribution >= 0.6 is 45.2 Å². The molecule has 5 nitrogen and oxygen atoms in total. The Morgan fingerprint density at radius 1 is 1.32 bits per heavy atom. The van der Waals surface area contributed by atoms with E-state index in [1.165, 1.54) is 17.7 Å². The van der Waals surface area contributed by atoms with Crippen molar-refractivity contribution in [3.8, 4) is 5.75 Å². The van der Waals surface area contributed by atoms with Gasteiger partial charge in [-0.2, -0.15) is 0 Å². The number of benzene rings is 1. The van der Waals surface area contributed by atoms with E-state index >= 15 is 0 Å². The van der Waals surface area contributed by atoms with Crippen LogP contribution in [0.2, 0.25) is 0 Å². The summed E-state index contributed by atoms with van der Waals surface area (Å²) in [7, 11) is 0. The summed E-state index contributed by atoms with van der Waals surface area (Å²) in [6, 6.07) is 3.06. The Hall–Kier alpha value is -0.420. The van der Waals surface area contributed by atoms with Crippen LogP contribution in [0, 0.1) is 17.3 Å². The fourth-order valence-corrected chi connectivity index (χ4v) is 4.46. The summed E-state index contributed by atoms with van der Waals surface area (Å²) in [5.74, 6) is 0.702. The van der Waals surface area contributed by atoms with Crippen molar-refractivity contribution in [2.45, 2.75) is 52.6 Å². The SMILES string of the molecule is CCOC(C)(C)CCCC(C)=CCOc1c(I)cc([N+](=O)[O-])cc1I. The lowest BCUT2D eigenvalue weighted by Crippen LogP contribution is -2.24. The topological polar surface area (TPSA) is 61.6 Å². The van der Waals surface area contributed by atoms with E-state index in [9.17, 15) is 10.1 Å². The molecule has 0 saturated heterocycles. The monoisotopic (exact) mass is 573 g/mol. The average molecular weight is 573 g/mol. The Morgan fingerprint density at radius 2 is 1.92 bits per heavy atom. The second kappa shape index (κ2) is 10.7. The lowest BCUT2D eigenvalue weighted by Gasteiger charge is -2.24. The molecule has 140 valence electrons. The lowest BCUT2D eigenvalue weighted by molar-refractivity contribution is -0.385. The summed E-state index contributed by atoms with van der Waals surface area (Å²) in [5.41, 5.74) is 1.29. The fourth-order valence-electron chi connectivity index (χ4n) is 2.41. The highest BCUT2D eigenvalue weighted by Crippen LogP contribution is 2.31. The first kappa shape index (κ1) is 22.6. The number of halogens is 2. The van der Waals surface area contributed by atoms with Crippen molar-refractivity contribution in [3.63, 3.8) is 0 Å². The molecule has 0 fully saturated rings. The van der Waals surface area contributed by atoms with Crippen LogP contribution in [0.15, 0.2) is 23.8 Å². The summed E-state index contributed by atoms with van der Waals surface area (Å²) in [4.78, 5) is 10.5. The third-order valence-corrected chi connectivity index (χ3v) is 5.34. The van der Waals surface area contributed by atoms with Gasteiger partial charge in [0.25, 0.3) is 5.69 Å². The van der Waals surface area contributed by atoms with Crippen molar-refractivity contribution in [2.24, 2.45) is 0 Å². The summed E-state index contributed by atoms with van der Waals surface area (Å²) >= 11 is 4.14. The number of nitro groups is 1. The zero-order valence-corrected chi connectivity index (χ0v) is 19.4. The number of hydrogen-bond acceptors (Lipinski definition) is 4. The van der Waals surface area contributed by atoms with E-state index in [0.717, 1.165) is 33.0 Å². The zero-order valence-electron chi connectivity index (χ0n) is 15.1. The van der Waals surface area contributed by atoms with Gasteiger partial charge in [-0.1, -0.05) is 5.57 Å². The maximum atomic E-state index is 10.9. The lowest BCUT2D eigenvalue weighted by atomic mass is 9.99. The highest BCUT2D eigenvalue weighted by Gasteiger charge is 2.17. The van der Waals surface area contributed by atoms with Gasteiger partial charge in [-0.25, -0.2) is 0 Å². The minimum absolute atomic E-state index is 0.0729. The first-order chi connectivity index (χ1) is 11.7. The number of nitrogens with zero attached hydrogens (tertiary/aromatic N) is 1. The first-order valence-corrected chi connectivity index (χ1v) is 10.4. The number of hydrogen-bond donors (Lipinski definition) is 0. The van der Waals surface area contributed by atoms with Crippen LogP contribution in [0.25, 0.3) is 0 Å². The molecule has 0 spiro atoms. The van der Waals surface area contributed by atoms with E-state index in [0.29, 0.717) is 12.4 Å². The molecule has 1 rings (SSSR count). The van der Waals surface area contributed by atoms with Gasteiger partial charge < -0.3 is 9.47 Å². The molecule has 1 aromatic rings. The molecule has 25 heavy (non-hydrogen) atoms. The molecule has 0 atom stereocenters. The molecule has 7 heteroatoms. The molecule has 1 aromatic carbocycles. The van der Waals surface area contributed by atoms with E-state index < -0.39 is 0 Å². The summed E-state index contributed by atoms with van der Waals surface area (Å²) in [5, 5.41) is 10.9. The predicted octanol–water partition coefficient (Wildman–Crippen LogP) is 6.11. The van der Waals surface area contributed by atoms with Crippen LogP contribution in [-0.4, -0.2) is 23.7 Å². The van der Waals surface area contributed by atoms with Crippen LogP contribution in [0.5, 0.6) is 5.75 Å². The molecule has 0 aliphatic heterocycles. The molecule has 0 unspecified atom stereocenters. The van der Waals surface area contributed by atoms with Crippen molar-refractivity contribution >= 4 is 50.9 Å². The van der Waals surface area contributed by atoms with Crippen molar-refractivity contribution in [3.05, 3.63) is 41.0 Å². The van der Waals surface area contributed by atoms with Gasteiger partial charge in [0.05, 0.1) is 17.7 Å². The molecular weight excluding hydrogens is 548 g/mol. The smallest absolute Gasteiger partial charge is 0.271 e. The van der Waals surface area contributed by atoms with Gasteiger partial charge in [-0.05, 0) is 98.2 Å². The van der Waals surface area contributed by atoms with Crippen LogP contribution < -0.4 is 4.74 Å². The highest BCUT2D eigenvalue weighted by molar-refractivity contribution is 14.1. The molecule has 0 aromatic heterocycles. The van der Waals surface area contributed by atoms with E-state index in [4.69, 9.17) is 9.47 Å². The summed E-state index contributed by atoms with van der Waals surface area (Å²) in [6.45, 7) is 9.56. The quantitative estimate of drug-likeness (QED) is 0.147. The second-order valence-corrected chi connectivity index (χ2v) is 8.73. The molecule has 0 saturated carbocycles.